The molecule has 45 heavy (non-hydrogen) atoms. The number of carbonyl (C=O) groups is 4. The van der Waals surface area contributed by atoms with Gasteiger partial charge in [-0.15, -0.1) is 0 Å². The minimum Gasteiger partial charge on any atom is -0.474 e. The zero-order valence-electron chi connectivity index (χ0n) is 25.2. The maximum Gasteiger partial charge on any atom is 0.417 e. The number of nitrogens with one attached hydrogen (secondary N) is 2. The van der Waals surface area contributed by atoms with Gasteiger partial charge in [0, 0.05) is 44.2 Å². The lowest BCUT2D eigenvalue weighted by molar-refractivity contribution is -0.140. The Balaban J connectivity index is 1.39. The predicted octanol–water partition coefficient (Wildman–Crippen LogP) is 3.55. The van der Waals surface area contributed by atoms with Crippen LogP contribution in [0.2, 0.25) is 0 Å². The molecule has 0 spiro atoms. The van der Waals surface area contributed by atoms with Gasteiger partial charge in [0.05, 0.1) is 12.2 Å². The molecule has 2 aliphatic rings. The molecule has 0 bridgehead atoms. The summed E-state index contributed by atoms with van der Waals surface area (Å²) in [5, 5.41) is 5.85. The Morgan fingerprint density at radius 1 is 0.978 bits per heavy atom. The van der Waals surface area contributed by atoms with Crippen molar-refractivity contribution in [2.45, 2.75) is 51.2 Å². The number of ether oxygens (including phenoxy) is 3. The summed E-state index contributed by atoms with van der Waals surface area (Å²) in [6, 6.07) is 15.9. The average molecular weight is 616 g/mol. The molecule has 2 N–H and O–H groups in total. The van der Waals surface area contributed by atoms with Gasteiger partial charge >= 0.3 is 18.0 Å². The SMILES string of the molecule is CCOC(=O)c1ccc(CC(NC(=O)c2cc(OC3CCCC3)nc(-c3ccccc3)n2)C(=O)OC(=O)N2CCNCC2)cc1. The second kappa shape index (κ2) is 15.2. The molecule has 12 heteroatoms. The highest BCUT2D eigenvalue weighted by Crippen LogP contribution is 2.25. The van der Waals surface area contributed by atoms with Crippen LogP contribution in [0.25, 0.3) is 11.4 Å². The maximum absolute atomic E-state index is 13.7. The molecule has 1 aliphatic heterocycles. The van der Waals surface area contributed by atoms with E-state index in [4.69, 9.17) is 14.2 Å². The van der Waals surface area contributed by atoms with Gasteiger partial charge in [-0.3, -0.25) is 4.79 Å². The molecule has 2 heterocycles. The van der Waals surface area contributed by atoms with Crippen LogP contribution in [-0.4, -0.2) is 83.7 Å². The summed E-state index contributed by atoms with van der Waals surface area (Å²) in [5.41, 5.74) is 1.67. The van der Waals surface area contributed by atoms with E-state index in [9.17, 15) is 19.2 Å². The molecule has 1 aliphatic carbocycles. The first-order chi connectivity index (χ1) is 21.9. The number of carbonyl (C=O) groups excluding carboxylic acids is 4. The van der Waals surface area contributed by atoms with Crippen molar-refractivity contribution in [1.29, 1.82) is 0 Å². The van der Waals surface area contributed by atoms with Gasteiger partial charge in [0.15, 0.2) is 5.82 Å². The van der Waals surface area contributed by atoms with Gasteiger partial charge in [-0.05, 0) is 50.3 Å². The Labute approximate surface area is 261 Å². The van der Waals surface area contributed by atoms with E-state index in [2.05, 4.69) is 20.6 Å². The fourth-order valence-corrected chi connectivity index (χ4v) is 5.22. The molecule has 5 rings (SSSR count). The van der Waals surface area contributed by atoms with Gasteiger partial charge in [0.2, 0.25) is 5.88 Å². The highest BCUT2D eigenvalue weighted by molar-refractivity contribution is 5.97. The molecule has 2 aromatic carbocycles. The Hall–Kier alpha value is -4.84. The summed E-state index contributed by atoms with van der Waals surface area (Å²) in [4.78, 5) is 62.4. The number of hydrogen-bond donors (Lipinski definition) is 2. The molecule has 12 nitrogen and oxygen atoms in total. The van der Waals surface area contributed by atoms with Gasteiger partial charge in [-0.25, -0.2) is 19.4 Å². The molecule has 3 aromatic rings. The molecule has 1 aromatic heterocycles. The van der Waals surface area contributed by atoms with Crippen LogP contribution < -0.4 is 15.4 Å². The summed E-state index contributed by atoms with van der Waals surface area (Å²) in [5.74, 6) is -1.47. The standard InChI is InChI=1S/C33H37N5O7/c1-2-43-31(40)24-14-12-22(13-15-24)20-27(32(41)45-33(42)38-18-16-34-17-19-38)36-30(39)26-21-28(44-25-10-6-7-11-25)37-29(35-26)23-8-4-3-5-9-23/h3-5,8-9,12-15,21,25,27,34H,2,6-7,10-11,16-20H2,1H3,(H,36,39). The summed E-state index contributed by atoms with van der Waals surface area (Å²) < 4.78 is 16.4. The number of esters is 2. The summed E-state index contributed by atoms with van der Waals surface area (Å²) in [6.07, 6.45) is 3.13. The van der Waals surface area contributed by atoms with Crippen LogP contribution in [0.3, 0.4) is 0 Å². The van der Waals surface area contributed by atoms with Crippen molar-refractivity contribution < 1.29 is 33.4 Å². The van der Waals surface area contributed by atoms with E-state index in [0.717, 1.165) is 25.7 Å². The molecular formula is C33H37N5O7. The van der Waals surface area contributed by atoms with Crippen LogP contribution in [0.15, 0.2) is 60.7 Å². The van der Waals surface area contributed by atoms with E-state index in [1.807, 2.05) is 30.3 Å². The predicted molar refractivity (Wildman–Crippen MR) is 164 cm³/mol. The third-order valence-electron chi connectivity index (χ3n) is 7.61. The van der Waals surface area contributed by atoms with E-state index in [1.165, 1.54) is 11.0 Å². The van der Waals surface area contributed by atoms with E-state index in [-0.39, 0.29) is 30.7 Å². The van der Waals surface area contributed by atoms with Gasteiger partial charge in [0.1, 0.15) is 17.8 Å². The highest BCUT2D eigenvalue weighted by Gasteiger charge is 2.29. The molecule has 236 valence electrons. The number of rotatable bonds is 10. The number of aromatic nitrogens is 2. The Morgan fingerprint density at radius 3 is 2.38 bits per heavy atom. The number of piperazine rings is 1. The van der Waals surface area contributed by atoms with E-state index < -0.39 is 30.0 Å². The first-order valence-electron chi connectivity index (χ1n) is 15.3. The lowest BCUT2D eigenvalue weighted by atomic mass is 10.0. The van der Waals surface area contributed by atoms with Gasteiger partial charge in [0.25, 0.3) is 5.91 Å². The second-order valence-corrected chi connectivity index (χ2v) is 10.9. The van der Waals surface area contributed by atoms with Crippen molar-refractivity contribution in [2.24, 2.45) is 0 Å². The highest BCUT2D eigenvalue weighted by atomic mass is 16.6. The zero-order chi connectivity index (χ0) is 31.6. The molecule has 2 amide bonds. The normalized spacial score (nSPS) is 15.6. The lowest BCUT2D eigenvalue weighted by Crippen LogP contribution is -2.49. The van der Waals surface area contributed by atoms with Crippen LogP contribution in [0.1, 0.15) is 59.0 Å². The Bertz CT molecular complexity index is 1490. The smallest absolute Gasteiger partial charge is 0.417 e. The van der Waals surface area contributed by atoms with Crippen LogP contribution in [0.4, 0.5) is 4.79 Å². The third-order valence-corrected chi connectivity index (χ3v) is 7.61. The van der Waals surface area contributed by atoms with Gasteiger partial charge in [-0.2, -0.15) is 4.98 Å². The largest absolute Gasteiger partial charge is 0.474 e. The molecule has 1 unspecified atom stereocenters. The lowest BCUT2D eigenvalue weighted by Gasteiger charge is -2.27. The van der Waals surface area contributed by atoms with Crippen molar-refractivity contribution in [3.8, 4) is 17.3 Å². The molecule has 1 saturated heterocycles. The van der Waals surface area contributed by atoms with Crippen molar-refractivity contribution in [3.05, 3.63) is 77.5 Å². The minimum absolute atomic E-state index is 0.000686. The number of benzene rings is 2. The van der Waals surface area contributed by atoms with Gasteiger partial charge < -0.3 is 29.7 Å². The topological polar surface area (TPSA) is 149 Å². The van der Waals surface area contributed by atoms with Gasteiger partial charge in [-0.1, -0.05) is 42.5 Å². The summed E-state index contributed by atoms with van der Waals surface area (Å²) in [7, 11) is 0. The number of hydrogen-bond acceptors (Lipinski definition) is 10. The summed E-state index contributed by atoms with van der Waals surface area (Å²) >= 11 is 0. The van der Waals surface area contributed by atoms with Crippen LogP contribution >= 0.6 is 0 Å². The number of amides is 2. The van der Waals surface area contributed by atoms with Crippen LogP contribution in [0.5, 0.6) is 5.88 Å². The summed E-state index contributed by atoms with van der Waals surface area (Å²) in [6.45, 7) is 3.91. The molecule has 2 fully saturated rings. The quantitative estimate of drug-likeness (QED) is 0.256. The Kier molecular flexibility index (Phi) is 10.7. The second-order valence-electron chi connectivity index (χ2n) is 10.9. The first-order valence-corrected chi connectivity index (χ1v) is 15.3. The molecule has 0 radical (unpaired) electrons. The first kappa shape index (κ1) is 31.6. The van der Waals surface area contributed by atoms with E-state index in [1.54, 1.807) is 31.2 Å². The fourth-order valence-electron chi connectivity index (χ4n) is 5.22. The fraction of sp³-hybridized carbons (Fsp3) is 0.394. The van der Waals surface area contributed by atoms with Crippen molar-refractivity contribution in [2.75, 3.05) is 32.8 Å². The zero-order valence-corrected chi connectivity index (χ0v) is 25.2. The van der Waals surface area contributed by atoms with Crippen LogP contribution in [0, 0.1) is 0 Å². The minimum atomic E-state index is -1.24. The monoisotopic (exact) mass is 615 g/mol. The molecule has 1 atom stereocenters. The Morgan fingerprint density at radius 2 is 1.69 bits per heavy atom. The molecular weight excluding hydrogens is 578 g/mol. The van der Waals surface area contributed by atoms with E-state index in [0.29, 0.717) is 48.7 Å². The molecule has 1 saturated carbocycles. The van der Waals surface area contributed by atoms with Crippen LogP contribution in [-0.2, 0) is 20.7 Å². The number of nitrogens with zero attached hydrogens (tertiary/aromatic N) is 3. The van der Waals surface area contributed by atoms with Crippen molar-refractivity contribution in [3.63, 3.8) is 0 Å². The maximum atomic E-state index is 13.7. The van der Waals surface area contributed by atoms with Crippen molar-refractivity contribution in [1.82, 2.24) is 25.5 Å². The van der Waals surface area contributed by atoms with Crippen molar-refractivity contribution >= 4 is 23.9 Å². The van der Waals surface area contributed by atoms with E-state index >= 15 is 0 Å². The third kappa shape index (κ3) is 8.63. The average Bonchev–Trinajstić information content (AvgIpc) is 3.58.